The number of hydrogen-bond acceptors (Lipinski definition) is 3. The topological polar surface area (TPSA) is 58.2 Å². The molecule has 0 saturated heterocycles. The Hall–Kier alpha value is -0.910. The smallest absolute Gasteiger partial charge is 0.241 e. The minimum Gasteiger partial charge on any atom is -0.313 e. The molecule has 1 atom stereocenters. The number of sulfonamides is 1. The molecule has 21 heavy (non-hydrogen) atoms. The normalized spacial score (nSPS) is 13.3. The molecule has 1 unspecified atom stereocenters. The Morgan fingerprint density at radius 2 is 1.90 bits per heavy atom. The summed E-state index contributed by atoms with van der Waals surface area (Å²) in [6.45, 7) is 9.53. The van der Waals surface area contributed by atoms with Gasteiger partial charge in [0.15, 0.2) is 0 Å². The average Bonchev–Trinajstić information content (AvgIpc) is 2.44. The summed E-state index contributed by atoms with van der Waals surface area (Å²) in [6.07, 6.45) is 2.52. The molecule has 5 heteroatoms. The van der Waals surface area contributed by atoms with Gasteiger partial charge in [0.2, 0.25) is 10.0 Å². The van der Waals surface area contributed by atoms with Gasteiger partial charge in [0.25, 0.3) is 0 Å². The second-order valence-corrected chi connectivity index (χ2v) is 7.07. The first-order chi connectivity index (χ1) is 9.94. The highest BCUT2D eigenvalue weighted by Gasteiger charge is 2.20. The Balaban J connectivity index is 3.06. The first-order valence-electron chi connectivity index (χ1n) is 7.79. The Labute approximate surface area is 129 Å². The van der Waals surface area contributed by atoms with E-state index in [0.717, 1.165) is 30.5 Å². The second kappa shape index (κ2) is 8.51. The molecule has 0 heterocycles. The van der Waals surface area contributed by atoms with E-state index in [2.05, 4.69) is 17.0 Å². The van der Waals surface area contributed by atoms with E-state index in [1.165, 1.54) is 0 Å². The summed E-state index contributed by atoms with van der Waals surface area (Å²) in [6, 6.07) is 5.67. The third-order valence-corrected chi connectivity index (χ3v) is 5.13. The summed E-state index contributed by atoms with van der Waals surface area (Å²) < 4.78 is 28.0. The van der Waals surface area contributed by atoms with E-state index < -0.39 is 10.0 Å². The molecule has 1 aromatic rings. The van der Waals surface area contributed by atoms with Crippen LogP contribution in [0.2, 0.25) is 0 Å². The van der Waals surface area contributed by atoms with Crippen molar-refractivity contribution in [3.05, 3.63) is 29.3 Å². The quantitative estimate of drug-likeness (QED) is 0.737. The average molecular weight is 312 g/mol. The van der Waals surface area contributed by atoms with Crippen LogP contribution in [0.15, 0.2) is 23.1 Å². The maximum absolute atomic E-state index is 12.6. The van der Waals surface area contributed by atoms with Gasteiger partial charge in [-0.05, 0) is 43.5 Å². The lowest BCUT2D eigenvalue weighted by Crippen LogP contribution is -2.33. The van der Waals surface area contributed by atoms with Crippen molar-refractivity contribution in [2.24, 2.45) is 0 Å². The fourth-order valence-corrected chi connectivity index (χ4v) is 3.98. The summed E-state index contributed by atoms with van der Waals surface area (Å²) in [5.74, 6) is 0. The van der Waals surface area contributed by atoms with E-state index >= 15 is 0 Å². The third kappa shape index (κ3) is 5.41. The van der Waals surface area contributed by atoms with Crippen molar-refractivity contribution < 1.29 is 8.42 Å². The molecule has 0 bridgehead atoms. The van der Waals surface area contributed by atoms with E-state index in [-0.39, 0.29) is 6.04 Å². The van der Waals surface area contributed by atoms with Gasteiger partial charge >= 0.3 is 0 Å². The van der Waals surface area contributed by atoms with Gasteiger partial charge in [-0.2, -0.15) is 0 Å². The van der Waals surface area contributed by atoms with Crippen LogP contribution in [0.5, 0.6) is 0 Å². The molecular formula is C16H28N2O2S. The van der Waals surface area contributed by atoms with Gasteiger partial charge < -0.3 is 5.32 Å². The van der Waals surface area contributed by atoms with E-state index in [9.17, 15) is 8.42 Å². The minimum absolute atomic E-state index is 0.0397. The standard InChI is InChI=1S/C16H28N2O2S/c1-5-8-13(4)18-21(19,20)16-11-14(12-17-7-3)9-10-15(16)6-2/h9-11,13,17-18H,5-8,12H2,1-4H3. The zero-order valence-corrected chi connectivity index (χ0v) is 14.4. The Kier molecular flexibility index (Phi) is 7.35. The highest BCUT2D eigenvalue weighted by Crippen LogP contribution is 2.19. The number of nitrogens with one attached hydrogen (secondary N) is 2. The highest BCUT2D eigenvalue weighted by molar-refractivity contribution is 7.89. The summed E-state index contributed by atoms with van der Waals surface area (Å²) >= 11 is 0. The number of aryl methyl sites for hydroxylation is 1. The largest absolute Gasteiger partial charge is 0.313 e. The lowest BCUT2D eigenvalue weighted by atomic mass is 10.1. The van der Waals surface area contributed by atoms with Gasteiger partial charge in [-0.15, -0.1) is 0 Å². The molecule has 0 amide bonds. The lowest BCUT2D eigenvalue weighted by Gasteiger charge is -2.16. The predicted molar refractivity (Wildman–Crippen MR) is 87.9 cm³/mol. The Bertz CT molecular complexity index is 541. The van der Waals surface area contributed by atoms with E-state index in [1.807, 2.05) is 32.9 Å². The molecule has 2 N–H and O–H groups in total. The van der Waals surface area contributed by atoms with Crippen LogP contribution in [-0.4, -0.2) is 21.0 Å². The number of rotatable bonds is 9. The molecule has 0 aliphatic rings. The Morgan fingerprint density at radius 3 is 2.48 bits per heavy atom. The zero-order chi connectivity index (χ0) is 15.9. The van der Waals surface area contributed by atoms with Crippen molar-refractivity contribution in [1.29, 1.82) is 0 Å². The molecule has 0 radical (unpaired) electrons. The van der Waals surface area contributed by atoms with Gasteiger partial charge in [0, 0.05) is 12.6 Å². The molecule has 4 nitrogen and oxygen atoms in total. The molecular weight excluding hydrogens is 284 g/mol. The van der Waals surface area contributed by atoms with Crippen molar-refractivity contribution in [3.63, 3.8) is 0 Å². The van der Waals surface area contributed by atoms with Crippen LogP contribution >= 0.6 is 0 Å². The molecule has 0 saturated carbocycles. The van der Waals surface area contributed by atoms with Crippen molar-refractivity contribution in [1.82, 2.24) is 10.0 Å². The van der Waals surface area contributed by atoms with Crippen LogP contribution in [0, 0.1) is 0 Å². The third-order valence-electron chi connectivity index (χ3n) is 3.46. The molecule has 0 aliphatic heterocycles. The van der Waals surface area contributed by atoms with E-state index in [0.29, 0.717) is 17.9 Å². The predicted octanol–water partition coefficient (Wildman–Crippen LogP) is 2.83. The monoisotopic (exact) mass is 312 g/mol. The molecule has 1 aromatic carbocycles. The number of hydrogen-bond donors (Lipinski definition) is 2. The van der Waals surface area contributed by atoms with Crippen molar-refractivity contribution >= 4 is 10.0 Å². The fraction of sp³-hybridized carbons (Fsp3) is 0.625. The minimum atomic E-state index is -3.45. The molecule has 0 spiro atoms. The first kappa shape index (κ1) is 18.1. The van der Waals surface area contributed by atoms with Crippen LogP contribution in [-0.2, 0) is 23.0 Å². The van der Waals surface area contributed by atoms with Gasteiger partial charge in [0.1, 0.15) is 0 Å². The van der Waals surface area contributed by atoms with Gasteiger partial charge in [-0.1, -0.05) is 39.3 Å². The number of benzene rings is 1. The SMILES string of the molecule is CCCC(C)NS(=O)(=O)c1cc(CNCC)ccc1CC. The van der Waals surface area contributed by atoms with Crippen LogP contribution in [0.4, 0.5) is 0 Å². The molecule has 1 rings (SSSR count). The van der Waals surface area contributed by atoms with Crippen molar-refractivity contribution in [3.8, 4) is 0 Å². The summed E-state index contributed by atoms with van der Waals surface area (Å²) in [4.78, 5) is 0.420. The second-order valence-electron chi connectivity index (χ2n) is 5.39. The van der Waals surface area contributed by atoms with Crippen molar-refractivity contribution in [2.75, 3.05) is 6.54 Å². The van der Waals surface area contributed by atoms with E-state index in [1.54, 1.807) is 6.07 Å². The van der Waals surface area contributed by atoms with E-state index in [4.69, 9.17) is 0 Å². The van der Waals surface area contributed by atoms with Crippen molar-refractivity contribution in [2.45, 2.75) is 64.4 Å². The van der Waals surface area contributed by atoms with Crippen LogP contribution < -0.4 is 10.0 Å². The fourth-order valence-electron chi connectivity index (χ4n) is 2.34. The molecule has 0 fully saturated rings. The van der Waals surface area contributed by atoms with Gasteiger partial charge in [-0.25, -0.2) is 13.1 Å². The van der Waals surface area contributed by atoms with Gasteiger partial charge in [0.05, 0.1) is 4.90 Å². The van der Waals surface area contributed by atoms with Crippen LogP contribution in [0.25, 0.3) is 0 Å². The molecule has 0 aromatic heterocycles. The Morgan fingerprint density at radius 1 is 1.19 bits per heavy atom. The maximum atomic E-state index is 12.6. The van der Waals surface area contributed by atoms with Crippen LogP contribution in [0.1, 0.15) is 51.7 Å². The summed E-state index contributed by atoms with van der Waals surface area (Å²) in [5.41, 5.74) is 1.86. The first-order valence-corrected chi connectivity index (χ1v) is 9.27. The lowest BCUT2D eigenvalue weighted by molar-refractivity contribution is 0.543. The highest BCUT2D eigenvalue weighted by atomic mass is 32.2. The van der Waals surface area contributed by atoms with Crippen LogP contribution in [0.3, 0.4) is 0 Å². The molecule has 120 valence electrons. The molecule has 0 aliphatic carbocycles. The zero-order valence-electron chi connectivity index (χ0n) is 13.6. The summed E-state index contributed by atoms with van der Waals surface area (Å²) in [5, 5.41) is 3.23. The van der Waals surface area contributed by atoms with Gasteiger partial charge in [-0.3, -0.25) is 0 Å². The summed E-state index contributed by atoms with van der Waals surface area (Å²) in [7, 11) is -3.45. The maximum Gasteiger partial charge on any atom is 0.241 e.